The van der Waals surface area contributed by atoms with Crippen LogP contribution in [0.4, 0.5) is 0 Å². The smallest absolute Gasteiger partial charge is 0.263 e. The summed E-state index contributed by atoms with van der Waals surface area (Å²) in [7, 11) is 0. The standard InChI is InChI=1S/C15H18N4O/c20-14-12-11-6-4-5-10(11)9-16-13(12)17-15(18-14)19-7-2-1-3-8-19/h9,12H,1-8H2. The molecular formula is C15H18N4O. The van der Waals surface area contributed by atoms with Gasteiger partial charge < -0.3 is 4.90 Å². The largest absolute Gasteiger partial charge is 0.341 e. The number of dihydropyridines is 1. The maximum atomic E-state index is 12.4. The summed E-state index contributed by atoms with van der Waals surface area (Å²) in [6, 6.07) is 0. The molecule has 4 aliphatic rings. The van der Waals surface area contributed by atoms with Gasteiger partial charge in [-0.25, -0.2) is 4.99 Å². The fourth-order valence-corrected chi connectivity index (χ4v) is 3.52. The van der Waals surface area contributed by atoms with E-state index < -0.39 is 0 Å². The van der Waals surface area contributed by atoms with Gasteiger partial charge in [0.2, 0.25) is 5.96 Å². The van der Waals surface area contributed by atoms with Crippen LogP contribution in [0.2, 0.25) is 0 Å². The second-order valence-corrected chi connectivity index (χ2v) is 5.86. The van der Waals surface area contributed by atoms with Gasteiger partial charge in [-0.2, -0.15) is 9.98 Å². The van der Waals surface area contributed by atoms with E-state index in [1.807, 2.05) is 6.21 Å². The third-order valence-electron chi connectivity index (χ3n) is 4.57. The van der Waals surface area contributed by atoms with Crippen LogP contribution in [0, 0.1) is 5.92 Å². The average molecular weight is 270 g/mol. The lowest BCUT2D eigenvalue weighted by Crippen LogP contribution is -2.40. The van der Waals surface area contributed by atoms with Crippen molar-refractivity contribution in [3.05, 3.63) is 11.1 Å². The molecule has 0 N–H and O–H groups in total. The van der Waals surface area contributed by atoms with E-state index in [1.54, 1.807) is 0 Å². The molecule has 0 aromatic rings. The molecule has 4 rings (SSSR count). The van der Waals surface area contributed by atoms with Crippen LogP contribution in [0.1, 0.15) is 38.5 Å². The predicted octanol–water partition coefficient (Wildman–Crippen LogP) is 1.95. The molecule has 5 nitrogen and oxygen atoms in total. The van der Waals surface area contributed by atoms with Crippen LogP contribution in [0.3, 0.4) is 0 Å². The number of nitrogens with zero attached hydrogens (tertiary/aromatic N) is 4. The van der Waals surface area contributed by atoms with E-state index >= 15 is 0 Å². The number of aliphatic imine (C=N–C) groups is 3. The topological polar surface area (TPSA) is 57.4 Å². The number of amides is 1. The molecule has 5 heteroatoms. The summed E-state index contributed by atoms with van der Waals surface area (Å²) in [4.78, 5) is 27.8. The summed E-state index contributed by atoms with van der Waals surface area (Å²) in [6.07, 6.45) is 8.62. The molecule has 1 aliphatic carbocycles. The van der Waals surface area contributed by atoms with Crippen LogP contribution in [0.25, 0.3) is 0 Å². The molecule has 0 spiro atoms. The quantitative estimate of drug-likeness (QED) is 0.675. The van der Waals surface area contributed by atoms with Crippen molar-refractivity contribution in [2.45, 2.75) is 38.5 Å². The van der Waals surface area contributed by atoms with Crippen molar-refractivity contribution in [3.8, 4) is 0 Å². The molecule has 104 valence electrons. The van der Waals surface area contributed by atoms with Crippen LogP contribution in [0.5, 0.6) is 0 Å². The summed E-state index contributed by atoms with van der Waals surface area (Å²) in [5.41, 5.74) is 2.45. The van der Waals surface area contributed by atoms with Gasteiger partial charge in [-0.05, 0) is 49.7 Å². The van der Waals surface area contributed by atoms with Crippen LogP contribution >= 0.6 is 0 Å². The first kappa shape index (κ1) is 12.0. The second-order valence-electron chi connectivity index (χ2n) is 5.86. The highest BCUT2D eigenvalue weighted by molar-refractivity contribution is 6.20. The van der Waals surface area contributed by atoms with Gasteiger partial charge in [0, 0.05) is 19.3 Å². The van der Waals surface area contributed by atoms with Crippen molar-refractivity contribution in [1.82, 2.24) is 4.90 Å². The highest BCUT2D eigenvalue weighted by Crippen LogP contribution is 2.36. The van der Waals surface area contributed by atoms with Gasteiger partial charge in [0.25, 0.3) is 5.91 Å². The predicted molar refractivity (Wildman–Crippen MR) is 78.2 cm³/mol. The molecule has 0 radical (unpaired) electrons. The zero-order valence-electron chi connectivity index (χ0n) is 11.5. The first-order chi connectivity index (χ1) is 9.83. The number of piperidine rings is 1. The number of likely N-dealkylation sites (tertiary alicyclic amines) is 1. The SMILES string of the molecule is O=C1N=C(N2CCCCC2)N=C2N=CC3=C(CCC3)C12. The number of fused-ring (bicyclic) bond motifs is 2. The number of hydrogen-bond acceptors (Lipinski definition) is 4. The number of allylic oxidation sites excluding steroid dienone is 1. The van der Waals surface area contributed by atoms with Crippen molar-refractivity contribution in [1.29, 1.82) is 0 Å². The lowest BCUT2D eigenvalue weighted by Gasteiger charge is -2.30. The van der Waals surface area contributed by atoms with Crippen molar-refractivity contribution in [3.63, 3.8) is 0 Å². The molecule has 0 saturated carbocycles. The molecule has 1 fully saturated rings. The summed E-state index contributed by atoms with van der Waals surface area (Å²) in [5.74, 6) is 0.888. The van der Waals surface area contributed by atoms with Crippen LogP contribution in [-0.4, -0.2) is 41.9 Å². The van der Waals surface area contributed by atoms with Crippen molar-refractivity contribution < 1.29 is 4.79 Å². The highest BCUT2D eigenvalue weighted by atomic mass is 16.1. The minimum absolute atomic E-state index is 0.0678. The van der Waals surface area contributed by atoms with Crippen molar-refractivity contribution >= 4 is 23.9 Å². The molecule has 20 heavy (non-hydrogen) atoms. The molecule has 1 unspecified atom stereocenters. The first-order valence-corrected chi connectivity index (χ1v) is 7.55. The van der Waals surface area contributed by atoms with Gasteiger partial charge in [0.15, 0.2) is 0 Å². The lowest BCUT2D eigenvalue weighted by atomic mass is 9.91. The van der Waals surface area contributed by atoms with Gasteiger partial charge in [0.1, 0.15) is 11.8 Å². The zero-order chi connectivity index (χ0) is 13.5. The van der Waals surface area contributed by atoms with Gasteiger partial charge >= 0.3 is 0 Å². The molecule has 0 aromatic carbocycles. The summed E-state index contributed by atoms with van der Waals surface area (Å²) >= 11 is 0. The van der Waals surface area contributed by atoms with E-state index in [4.69, 9.17) is 0 Å². The minimum Gasteiger partial charge on any atom is -0.341 e. The summed E-state index contributed by atoms with van der Waals surface area (Å²) in [6.45, 7) is 1.90. The fraction of sp³-hybridized carbons (Fsp3) is 0.600. The van der Waals surface area contributed by atoms with Crippen LogP contribution in [0.15, 0.2) is 26.1 Å². The molecule has 1 atom stereocenters. The molecule has 3 aliphatic heterocycles. The Labute approximate surface area is 118 Å². The van der Waals surface area contributed by atoms with Crippen molar-refractivity contribution in [2.75, 3.05) is 13.1 Å². The number of guanidine groups is 1. The number of hydrogen-bond donors (Lipinski definition) is 0. The minimum atomic E-state index is -0.286. The maximum Gasteiger partial charge on any atom is 0.263 e. The zero-order valence-corrected chi connectivity index (χ0v) is 11.5. The third kappa shape index (κ3) is 1.84. The molecule has 3 heterocycles. The summed E-state index contributed by atoms with van der Waals surface area (Å²) in [5, 5.41) is 0. The Bertz CT molecular complexity index is 579. The molecule has 0 aromatic heterocycles. The number of carbonyl (C=O) groups excluding carboxylic acids is 1. The third-order valence-corrected chi connectivity index (χ3v) is 4.57. The van der Waals surface area contributed by atoms with E-state index in [0.717, 1.165) is 45.2 Å². The Balaban J connectivity index is 1.65. The molecule has 0 bridgehead atoms. The average Bonchev–Trinajstić information content (AvgIpc) is 2.96. The van der Waals surface area contributed by atoms with E-state index in [1.165, 1.54) is 17.6 Å². The number of rotatable bonds is 0. The van der Waals surface area contributed by atoms with Crippen LogP contribution < -0.4 is 0 Å². The molecular weight excluding hydrogens is 252 g/mol. The molecule has 1 amide bonds. The maximum absolute atomic E-state index is 12.4. The Morgan fingerprint density at radius 3 is 2.75 bits per heavy atom. The summed E-state index contributed by atoms with van der Waals surface area (Å²) < 4.78 is 0. The van der Waals surface area contributed by atoms with Crippen molar-refractivity contribution in [2.24, 2.45) is 20.9 Å². The van der Waals surface area contributed by atoms with Gasteiger partial charge in [-0.1, -0.05) is 0 Å². The Morgan fingerprint density at radius 1 is 1.05 bits per heavy atom. The number of carbonyl (C=O) groups is 1. The van der Waals surface area contributed by atoms with Gasteiger partial charge in [-0.15, -0.1) is 0 Å². The highest BCUT2D eigenvalue weighted by Gasteiger charge is 2.38. The monoisotopic (exact) mass is 270 g/mol. The fourth-order valence-electron chi connectivity index (χ4n) is 3.52. The van der Waals surface area contributed by atoms with E-state index in [9.17, 15) is 4.79 Å². The van der Waals surface area contributed by atoms with E-state index in [2.05, 4.69) is 19.9 Å². The number of amidine groups is 1. The normalized spacial score (nSPS) is 29.1. The first-order valence-electron chi connectivity index (χ1n) is 7.55. The van der Waals surface area contributed by atoms with E-state index in [0.29, 0.717) is 11.8 Å². The van der Waals surface area contributed by atoms with E-state index in [-0.39, 0.29) is 11.8 Å². The Hall–Kier alpha value is -1.78. The lowest BCUT2D eigenvalue weighted by molar-refractivity contribution is -0.119. The van der Waals surface area contributed by atoms with Crippen LogP contribution in [-0.2, 0) is 4.79 Å². The van der Waals surface area contributed by atoms with Gasteiger partial charge in [-0.3, -0.25) is 4.79 Å². The second kappa shape index (κ2) is 4.65. The molecule has 1 saturated heterocycles. The van der Waals surface area contributed by atoms with Gasteiger partial charge in [0.05, 0.1) is 0 Å². The Morgan fingerprint density at radius 2 is 1.90 bits per heavy atom. The Kier molecular flexibility index (Phi) is 2.79.